The van der Waals surface area contributed by atoms with E-state index in [2.05, 4.69) is 20.6 Å². The number of nitrogens with one attached hydrogen (secondary N) is 2. The predicted octanol–water partition coefficient (Wildman–Crippen LogP) is 4.60. The number of thiophene rings is 1. The quantitative estimate of drug-likeness (QED) is 0.380. The van der Waals surface area contributed by atoms with Crippen molar-refractivity contribution in [2.45, 2.75) is 6.92 Å². The molecule has 0 spiro atoms. The minimum Gasteiger partial charge on any atom is -0.497 e. The molecule has 0 saturated carbocycles. The van der Waals surface area contributed by atoms with E-state index in [0.29, 0.717) is 39.8 Å². The van der Waals surface area contributed by atoms with Crippen LogP contribution < -0.4 is 25.8 Å². The summed E-state index contributed by atoms with van der Waals surface area (Å²) < 4.78 is 11.3. The first-order valence-electron chi connectivity index (χ1n) is 9.39. The Hall–Kier alpha value is -3.85. The van der Waals surface area contributed by atoms with Crippen molar-refractivity contribution < 1.29 is 14.3 Å². The van der Waals surface area contributed by atoms with Gasteiger partial charge in [0.15, 0.2) is 5.82 Å². The second-order valence-electron chi connectivity index (χ2n) is 6.77. The van der Waals surface area contributed by atoms with Gasteiger partial charge in [0.2, 0.25) is 0 Å². The fourth-order valence-corrected chi connectivity index (χ4v) is 4.10. The van der Waals surface area contributed by atoms with Crippen molar-refractivity contribution in [3.05, 3.63) is 59.2 Å². The lowest BCUT2D eigenvalue weighted by atomic mass is 10.1. The largest absolute Gasteiger partial charge is 0.497 e. The highest BCUT2D eigenvalue weighted by Gasteiger charge is 2.18. The lowest BCUT2D eigenvalue weighted by molar-refractivity contribution is 0.102. The van der Waals surface area contributed by atoms with Gasteiger partial charge in [0.05, 0.1) is 41.4 Å². The van der Waals surface area contributed by atoms with Gasteiger partial charge in [-0.1, -0.05) is 12.1 Å². The number of carbonyl (C=O) groups excluding carboxylic acids is 1. The number of rotatable bonds is 6. The van der Waals surface area contributed by atoms with E-state index in [4.69, 9.17) is 15.2 Å². The zero-order valence-electron chi connectivity index (χ0n) is 17.2. The van der Waals surface area contributed by atoms with Crippen LogP contribution in [0.5, 0.6) is 11.5 Å². The molecule has 158 valence electrons. The van der Waals surface area contributed by atoms with Crippen molar-refractivity contribution in [3.8, 4) is 11.5 Å². The number of aryl methyl sites for hydroxylation is 1. The first kappa shape index (κ1) is 20.4. The Morgan fingerprint density at radius 1 is 1.10 bits per heavy atom. The van der Waals surface area contributed by atoms with Gasteiger partial charge in [0.1, 0.15) is 17.8 Å². The fraction of sp³-hybridized carbons (Fsp3) is 0.136. The van der Waals surface area contributed by atoms with E-state index < -0.39 is 0 Å². The van der Waals surface area contributed by atoms with E-state index in [0.717, 1.165) is 16.0 Å². The third kappa shape index (κ3) is 4.08. The molecule has 0 aliphatic carbocycles. The fourth-order valence-electron chi connectivity index (χ4n) is 3.16. The van der Waals surface area contributed by atoms with Crippen LogP contribution in [0.25, 0.3) is 10.2 Å². The molecule has 0 atom stereocenters. The van der Waals surface area contributed by atoms with E-state index in [9.17, 15) is 4.79 Å². The van der Waals surface area contributed by atoms with Crippen molar-refractivity contribution in [3.63, 3.8) is 0 Å². The molecule has 2 aromatic heterocycles. The van der Waals surface area contributed by atoms with E-state index >= 15 is 0 Å². The van der Waals surface area contributed by atoms with Crippen LogP contribution >= 0.6 is 11.3 Å². The number of nitrogens with zero attached hydrogens (tertiary/aromatic N) is 2. The summed E-state index contributed by atoms with van der Waals surface area (Å²) in [6, 6.07) is 10.9. The molecule has 0 aliphatic heterocycles. The number of benzene rings is 2. The molecule has 2 aromatic carbocycles. The van der Waals surface area contributed by atoms with Gasteiger partial charge >= 0.3 is 0 Å². The van der Waals surface area contributed by atoms with Crippen LogP contribution in [0.15, 0.2) is 48.1 Å². The first-order valence-corrected chi connectivity index (χ1v) is 10.3. The maximum absolute atomic E-state index is 13.0. The summed E-state index contributed by atoms with van der Waals surface area (Å²) in [5, 5.41) is 7.93. The molecule has 4 N–H and O–H groups in total. The third-order valence-electron chi connectivity index (χ3n) is 4.76. The zero-order chi connectivity index (χ0) is 22.0. The average molecular weight is 436 g/mol. The number of ether oxygens (including phenoxy) is 2. The standard InChI is InChI=1S/C22H21N5O3S/c1-12-5-4-6-17(23)18(12)27-21-20-19(24-11-25-21)16(10-31-20)22(28)26-13-7-14(29-2)9-15(8-13)30-3/h4-11H,23H2,1-3H3,(H,26,28)(H,24,25,27). The number of fused-ring (bicyclic) bond motifs is 1. The molecule has 4 aromatic rings. The Labute approximate surface area is 183 Å². The summed E-state index contributed by atoms with van der Waals surface area (Å²) in [7, 11) is 3.11. The molecule has 0 unspecified atom stereocenters. The zero-order valence-corrected chi connectivity index (χ0v) is 18.0. The number of nitrogen functional groups attached to an aromatic ring is 1. The molecule has 0 radical (unpaired) electrons. The van der Waals surface area contributed by atoms with Crippen LogP contribution in [0.2, 0.25) is 0 Å². The van der Waals surface area contributed by atoms with Gasteiger partial charge in [0.25, 0.3) is 5.91 Å². The van der Waals surface area contributed by atoms with Crippen molar-refractivity contribution >= 4 is 50.3 Å². The van der Waals surface area contributed by atoms with E-state index in [-0.39, 0.29) is 5.91 Å². The normalized spacial score (nSPS) is 10.7. The predicted molar refractivity (Wildman–Crippen MR) is 124 cm³/mol. The second kappa shape index (κ2) is 8.49. The highest BCUT2D eigenvalue weighted by molar-refractivity contribution is 7.18. The molecule has 31 heavy (non-hydrogen) atoms. The Balaban J connectivity index is 1.66. The lowest BCUT2D eigenvalue weighted by Gasteiger charge is -2.12. The van der Waals surface area contributed by atoms with Gasteiger partial charge in [-0.2, -0.15) is 0 Å². The summed E-state index contributed by atoms with van der Waals surface area (Å²) in [5.41, 5.74) is 10.1. The highest BCUT2D eigenvalue weighted by Crippen LogP contribution is 2.34. The third-order valence-corrected chi connectivity index (χ3v) is 5.73. The molecule has 0 bridgehead atoms. The summed E-state index contributed by atoms with van der Waals surface area (Å²) in [6.07, 6.45) is 1.43. The van der Waals surface area contributed by atoms with Crippen LogP contribution in [-0.4, -0.2) is 30.1 Å². The van der Waals surface area contributed by atoms with Crippen LogP contribution in [0.1, 0.15) is 15.9 Å². The molecule has 1 amide bonds. The first-order chi connectivity index (χ1) is 15.0. The summed E-state index contributed by atoms with van der Waals surface area (Å²) in [5.74, 6) is 1.46. The molecule has 8 nitrogen and oxygen atoms in total. The number of aromatic nitrogens is 2. The average Bonchev–Trinajstić information content (AvgIpc) is 3.21. The summed E-state index contributed by atoms with van der Waals surface area (Å²) in [6.45, 7) is 1.97. The molecular weight excluding hydrogens is 414 g/mol. The molecule has 0 saturated heterocycles. The Morgan fingerprint density at radius 3 is 2.52 bits per heavy atom. The number of hydrogen-bond acceptors (Lipinski definition) is 8. The minimum atomic E-state index is -0.290. The van der Waals surface area contributed by atoms with Crippen LogP contribution in [-0.2, 0) is 0 Å². The van der Waals surface area contributed by atoms with Gasteiger partial charge in [-0.25, -0.2) is 9.97 Å². The van der Waals surface area contributed by atoms with Crippen molar-refractivity contribution in [1.82, 2.24) is 9.97 Å². The molecule has 0 aliphatic rings. The lowest BCUT2D eigenvalue weighted by Crippen LogP contribution is -2.12. The number of methoxy groups -OCH3 is 2. The monoisotopic (exact) mass is 435 g/mol. The van der Waals surface area contributed by atoms with Gasteiger partial charge in [0, 0.05) is 29.3 Å². The maximum atomic E-state index is 13.0. The number of hydrogen-bond donors (Lipinski definition) is 3. The number of carbonyl (C=O) groups is 1. The summed E-state index contributed by atoms with van der Waals surface area (Å²) >= 11 is 1.39. The van der Waals surface area contributed by atoms with Crippen LogP contribution in [0.3, 0.4) is 0 Å². The van der Waals surface area contributed by atoms with E-state index in [1.54, 1.807) is 37.8 Å². The number of nitrogens with two attached hydrogens (primary N) is 1. The SMILES string of the molecule is COc1cc(NC(=O)c2csc3c(Nc4c(C)cccc4N)ncnc23)cc(OC)c1. The van der Waals surface area contributed by atoms with Gasteiger partial charge < -0.3 is 25.8 Å². The number of amides is 1. The molecule has 0 fully saturated rings. The summed E-state index contributed by atoms with van der Waals surface area (Å²) in [4.78, 5) is 21.7. The molecule has 2 heterocycles. The number of anilines is 4. The Kier molecular flexibility index (Phi) is 5.59. The molecular formula is C22H21N5O3S. The van der Waals surface area contributed by atoms with E-state index in [1.807, 2.05) is 25.1 Å². The van der Waals surface area contributed by atoms with Gasteiger partial charge in [-0.05, 0) is 18.6 Å². The van der Waals surface area contributed by atoms with Gasteiger partial charge in [-0.15, -0.1) is 11.3 Å². The Morgan fingerprint density at radius 2 is 1.84 bits per heavy atom. The topological polar surface area (TPSA) is 111 Å². The second-order valence-corrected chi connectivity index (χ2v) is 7.65. The van der Waals surface area contributed by atoms with E-state index in [1.165, 1.54) is 17.7 Å². The smallest absolute Gasteiger partial charge is 0.258 e. The van der Waals surface area contributed by atoms with Gasteiger partial charge in [-0.3, -0.25) is 4.79 Å². The van der Waals surface area contributed by atoms with Crippen molar-refractivity contribution in [2.24, 2.45) is 0 Å². The minimum absolute atomic E-state index is 0.290. The van der Waals surface area contributed by atoms with Crippen LogP contribution in [0.4, 0.5) is 22.9 Å². The molecule has 9 heteroatoms. The Bertz CT molecular complexity index is 1230. The van der Waals surface area contributed by atoms with Crippen molar-refractivity contribution in [1.29, 1.82) is 0 Å². The maximum Gasteiger partial charge on any atom is 0.258 e. The van der Waals surface area contributed by atoms with Crippen molar-refractivity contribution in [2.75, 3.05) is 30.6 Å². The number of para-hydroxylation sites is 1. The molecule has 4 rings (SSSR count). The van der Waals surface area contributed by atoms with Crippen LogP contribution in [0, 0.1) is 6.92 Å². The highest BCUT2D eigenvalue weighted by atomic mass is 32.1.